The van der Waals surface area contributed by atoms with E-state index in [9.17, 15) is 9.90 Å². The number of amides is 1. The third kappa shape index (κ3) is 5.64. The molecule has 0 bridgehead atoms. The first-order valence-corrected chi connectivity index (χ1v) is 8.34. The molecule has 0 fully saturated rings. The van der Waals surface area contributed by atoms with Crippen molar-refractivity contribution in [2.45, 2.75) is 33.1 Å². The molecule has 132 valence electrons. The number of nitrogens with zero attached hydrogens (tertiary/aromatic N) is 1. The Bertz CT molecular complexity index is 739. The fraction of sp³-hybridized carbons (Fsp3) is 0.300. The number of hydrazone groups is 1. The zero-order valence-electron chi connectivity index (χ0n) is 14.8. The van der Waals surface area contributed by atoms with Crippen molar-refractivity contribution in [2.24, 2.45) is 5.10 Å². The van der Waals surface area contributed by atoms with Crippen LogP contribution in [-0.4, -0.2) is 23.8 Å². The van der Waals surface area contributed by atoms with Crippen LogP contribution in [0, 0.1) is 6.92 Å². The number of hydrogen-bond donors (Lipinski definition) is 2. The van der Waals surface area contributed by atoms with Crippen molar-refractivity contribution >= 4 is 12.1 Å². The van der Waals surface area contributed by atoms with E-state index in [1.165, 1.54) is 11.8 Å². The maximum atomic E-state index is 11.8. The quantitative estimate of drug-likeness (QED) is 0.596. The minimum Gasteiger partial charge on any atom is -0.507 e. The summed E-state index contributed by atoms with van der Waals surface area (Å²) < 4.78 is 5.44. The van der Waals surface area contributed by atoms with Crippen molar-refractivity contribution in [1.29, 1.82) is 0 Å². The van der Waals surface area contributed by atoms with E-state index < -0.39 is 0 Å². The Hall–Kier alpha value is -2.82. The van der Waals surface area contributed by atoms with Gasteiger partial charge in [0, 0.05) is 5.56 Å². The van der Waals surface area contributed by atoms with Gasteiger partial charge in [-0.2, -0.15) is 5.10 Å². The molecule has 1 atom stereocenters. The van der Waals surface area contributed by atoms with Gasteiger partial charge in [-0.3, -0.25) is 4.79 Å². The molecule has 0 heterocycles. The highest BCUT2D eigenvalue weighted by Gasteiger charge is 2.05. The molecule has 0 aromatic heterocycles. The van der Waals surface area contributed by atoms with E-state index in [4.69, 9.17) is 4.74 Å². The SMILES string of the molecule is CC[C@H](C)c1ccc(OCC(=O)N/N=C/c2ccc(C)cc2O)cc1. The second kappa shape index (κ2) is 8.87. The standard InChI is InChI=1S/C20H24N2O3/c1-4-15(3)16-7-9-18(10-8-16)25-13-20(24)22-21-12-17-6-5-14(2)11-19(17)23/h5-12,15,23H,4,13H2,1-3H3,(H,22,24)/b21-12+/t15-/m0/s1. The van der Waals surface area contributed by atoms with Crippen molar-refractivity contribution < 1.29 is 14.6 Å². The summed E-state index contributed by atoms with van der Waals surface area (Å²) in [6.45, 7) is 6.08. The van der Waals surface area contributed by atoms with Gasteiger partial charge in [-0.15, -0.1) is 0 Å². The van der Waals surface area contributed by atoms with Crippen molar-refractivity contribution in [3.05, 3.63) is 59.2 Å². The second-order valence-electron chi connectivity index (χ2n) is 6.02. The molecule has 2 aromatic rings. The maximum Gasteiger partial charge on any atom is 0.277 e. The number of aryl methyl sites for hydroxylation is 1. The van der Waals surface area contributed by atoms with Gasteiger partial charge in [0.15, 0.2) is 6.61 Å². The van der Waals surface area contributed by atoms with Gasteiger partial charge >= 0.3 is 0 Å². The Labute approximate surface area is 148 Å². The lowest BCUT2D eigenvalue weighted by atomic mass is 9.99. The van der Waals surface area contributed by atoms with Gasteiger partial charge in [0.05, 0.1) is 6.21 Å². The average Bonchev–Trinajstić information content (AvgIpc) is 2.61. The number of ether oxygens (including phenoxy) is 1. The van der Waals surface area contributed by atoms with Gasteiger partial charge in [0.25, 0.3) is 5.91 Å². The minimum atomic E-state index is -0.367. The van der Waals surface area contributed by atoms with Crippen molar-refractivity contribution in [2.75, 3.05) is 6.61 Å². The summed E-state index contributed by atoms with van der Waals surface area (Å²) in [5, 5.41) is 13.6. The lowest BCUT2D eigenvalue weighted by Crippen LogP contribution is -2.24. The molecule has 0 unspecified atom stereocenters. The van der Waals surface area contributed by atoms with Crippen molar-refractivity contribution in [1.82, 2.24) is 5.43 Å². The molecule has 2 rings (SSSR count). The molecule has 2 aromatic carbocycles. The summed E-state index contributed by atoms with van der Waals surface area (Å²) in [5.74, 6) is 0.900. The molecule has 5 nitrogen and oxygen atoms in total. The van der Waals surface area contributed by atoms with Gasteiger partial charge in [-0.05, 0) is 54.7 Å². The van der Waals surface area contributed by atoms with Crippen LogP contribution in [0.25, 0.3) is 0 Å². The van der Waals surface area contributed by atoms with Crippen LogP contribution in [0.1, 0.15) is 42.9 Å². The summed E-state index contributed by atoms with van der Waals surface area (Å²) in [7, 11) is 0. The predicted octanol–water partition coefficient (Wildman–Crippen LogP) is 3.74. The summed E-state index contributed by atoms with van der Waals surface area (Å²) in [4.78, 5) is 11.8. The van der Waals surface area contributed by atoms with Crippen LogP contribution in [-0.2, 0) is 4.79 Å². The number of carbonyl (C=O) groups is 1. The van der Waals surface area contributed by atoms with Crippen molar-refractivity contribution in [3.63, 3.8) is 0 Å². The molecule has 1 amide bonds. The van der Waals surface area contributed by atoms with Gasteiger partial charge < -0.3 is 9.84 Å². The van der Waals surface area contributed by atoms with Crippen LogP contribution in [0.4, 0.5) is 0 Å². The van der Waals surface area contributed by atoms with Gasteiger partial charge in [0.2, 0.25) is 0 Å². The number of carbonyl (C=O) groups excluding carboxylic acids is 1. The van der Waals surface area contributed by atoms with Crippen LogP contribution < -0.4 is 10.2 Å². The van der Waals surface area contributed by atoms with Crippen molar-refractivity contribution in [3.8, 4) is 11.5 Å². The van der Waals surface area contributed by atoms with E-state index in [1.54, 1.807) is 12.1 Å². The number of phenolic OH excluding ortho intramolecular Hbond substituents is 1. The fourth-order valence-electron chi connectivity index (χ4n) is 2.25. The lowest BCUT2D eigenvalue weighted by molar-refractivity contribution is -0.123. The number of benzene rings is 2. The average molecular weight is 340 g/mol. The predicted molar refractivity (Wildman–Crippen MR) is 99.2 cm³/mol. The van der Waals surface area contributed by atoms with Gasteiger partial charge in [-0.25, -0.2) is 5.43 Å². The van der Waals surface area contributed by atoms with E-state index in [0.717, 1.165) is 12.0 Å². The number of phenols is 1. The van der Waals surface area contributed by atoms with E-state index in [-0.39, 0.29) is 18.3 Å². The van der Waals surface area contributed by atoms with Crippen LogP contribution in [0.3, 0.4) is 0 Å². The van der Waals surface area contributed by atoms with E-state index in [2.05, 4.69) is 24.4 Å². The smallest absolute Gasteiger partial charge is 0.277 e. The van der Waals surface area contributed by atoms with Crippen LogP contribution in [0.2, 0.25) is 0 Å². The van der Waals surface area contributed by atoms with Crippen LogP contribution in [0.15, 0.2) is 47.6 Å². The largest absolute Gasteiger partial charge is 0.507 e. The topological polar surface area (TPSA) is 70.9 Å². The zero-order chi connectivity index (χ0) is 18.2. The summed E-state index contributed by atoms with van der Waals surface area (Å²) in [6, 6.07) is 13.0. The number of rotatable bonds is 7. The first kappa shape index (κ1) is 18.5. The minimum absolute atomic E-state index is 0.121. The molecule has 0 spiro atoms. The Balaban J connectivity index is 1.81. The monoisotopic (exact) mass is 340 g/mol. The van der Waals surface area contributed by atoms with Crippen LogP contribution in [0.5, 0.6) is 11.5 Å². The molecule has 0 radical (unpaired) electrons. The molecular formula is C20H24N2O3. The molecule has 0 saturated carbocycles. The molecule has 5 heteroatoms. The van der Waals surface area contributed by atoms with E-state index >= 15 is 0 Å². The van der Waals surface area contributed by atoms with Crippen LogP contribution >= 0.6 is 0 Å². The Morgan fingerprint density at radius 1 is 1.28 bits per heavy atom. The Kier molecular flexibility index (Phi) is 6.57. The normalized spacial score (nSPS) is 12.1. The molecule has 0 saturated heterocycles. The third-order valence-electron chi connectivity index (χ3n) is 4.01. The molecule has 25 heavy (non-hydrogen) atoms. The zero-order valence-corrected chi connectivity index (χ0v) is 14.8. The summed E-state index contributed by atoms with van der Waals surface area (Å²) in [5.41, 5.74) is 5.11. The highest BCUT2D eigenvalue weighted by Crippen LogP contribution is 2.21. The summed E-state index contributed by atoms with van der Waals surface area (Å²) >= 11 is 0. The Morgan fingerprint density at radius 3 is 2.64 bits per heavy atom. The number of aromatic hydroxyl groups is 1. The highest BCUT2D eigenvalue weighted by atomic mass is 16.5. The molecule has 0 aliphatic heterocycles. The first-order chi connectivity index (χ1) is 12.0. The second-order valence-corrected chi connectivity index (χ2v) is 6.02. The molecule has 2 N–H and O–H groups in total. The molecule has 0 aliphatic rings. The van der Waals surface area contributed by atoms with Gasteiger partial charge in [-0.1, -0.05) is 32.0 Å². The lowest BCUT2D eigenvalue weighted by Gasteiger charge is -2.10. The third-order valence-corrected chi connectivity index (χ3v) is 4.01. The van der Waals surface area contributed by atoms with E-state index in [1.807, 2.05) is 37.3 Å². The first-order valence-electron chi connectivity index (χ1n) is 8.34. The van der Waals surface area contributed by atoms with E-state index in [0.29, 0.717) is 17.2 Å². The summed E-state index contributed by atoms with van der Waals surface area (Å²) in [6.07, 6.45) is 2.48. The number of hydrogen-bond acceptors (Lipinski definition) is 4. The highest BCUT2D eigenvalue weighted by molar-refractivity contribution is 5.85. The maximum absolute atomic E-state index is 11.8. The van der Waals surface area contributed by atoms with Gasteiger partial charge in [0.1, 0.15) is 11.5 Å². The molecule has 0 aliphatic carbocycles. The number of nitrogens with one attached hydrogen (secondary N) is 1. The fourth-order valence-corrected chi connectivity index (χ4v) is 2.25. The molecular weight excluding hydrogens is 316 g/mol. The Morgan fingerprint density at radius 2 is 2.00 bits per heavy atom.